The van der Waals surface area contributed by atoms with Gasteiger partial charge in [0.2, 0.25) is 0 Å². The van der Waals surface area contributed by atoms with Crippen LogP contribution in [0.5, 0.6) is 0 Å². The molecule has 1 heterocycles. The minimum atomic E-state index is -0.209. The first-order chi connectivity index (χ1) is 8.70. The van der Waals surface area contributed by atoms with E-state index in [0.29, 0.717) is 22.5 Å². The molecule has 0 spiro atoms. The Bertz CT molecular complexity index is 577. The molecule has 4 nitrogen and oxygen atoms in total. The van der Waals surface area contributed by atoms with E-state index in [4.69, 9.17) is 0 Å². The molecule has 0 radical (unpaired) electrons. The lowest BCUT2D eigenvalue weighted by atomic mass is 10.2. The lowest BCUT2D eigenvalue weighted by Crippen LogP contribution is -2.13. The molecule has 0 aliphatic carbocycles. The molecular weight excluding hydrogens is 228 g/mol. The molecule has 0 fully saturated rings. The number of carbonyl (C=O) groups is 2. The summed E-state index contributed by atoms with van der Waals surface area (Å²) < 4.78 is 0. The van der Waals surface area contributed by atoms with Gasteiger partial charge in [-0.3, -0.25) is 14.6 Å². The van der Waals surface area contributed by atoms with E-state index in [2.05, 4.69) is 10.3 Å². The van der Waals surface area contributed by atoms with Crippen molar-refractivity contribution < 1.29 is 9.59 Å². The summed E-state index contributed by atoms with van der Waals surface area (Å²) in [6, 6.07) is 10.1. The van der Waals surface area contributed by atoms with E-state index in [-0.39, 0.29) is 5.91 Å². The van der Waals surface area contributed by atoms with Crippen LogP contribution in [0.1, 0.15) is 26.4 Å². The molecule has 0 aliphatic rings. The van der Waals surface area contributed by atoms with Crippen LogP contribution in [0.25, 0.3) is 0 Å². The Morgan fingerprint density at radius 2 is 1.94 bits per heavy atom. The summed E-state index contributed by atoms with van der Waals surface area (Å²) in [6.07, 6.45) is 2.40. The number of nitrogens with zero attached hydrogens (tertiary/aromatic N) is 1. The number of hydrogen-bond acceptors (Lipinski definition) is 3. The molecule has 0 bridgehead atoms. The maximum atomic E-state index is 12.0. The van der Waals surface area contributed by atoms with Crippen LogP contribution >= 0.6 is 0 Å². The Hall–Kier alpha value is -2.49. The molecule has 0 saturated heterocycles. The Labute approximate surface area is 105 Å². The molecular formula is C14H12N2O2. The van der Waals surface area contributed by atoms with Crippen molar-refractivity contribution in [2.45, 2.75) is 6.92 Å². The summed E-state index contributed by atoms with van der Waals surface area (Å²) in [5.41, 5.74) is 2.44. The Balaban J connectivity index is 2.16. The largest absolute Gasteiger partial charge is 0.322 e. The number of anilines is 1. The number of benzene rings is 1. The molecule has 2 rings (SSSR count). The lowest BCUT2D eigenvalue weighted by Gasteiger charge is -2.06. The van der Waals surface area contributed by atoms with Gasteiger partial charge in [-0.05, 0) is 43.3 Å². The number of rotatable bonds is 3. The zero-order valence-corrected chi connectivity index (χ0v) is 9.88. The monoisotopic (exact) mass is 240 g/mol. The lowest BCUT2D eigenvalue weighted by molar-refractivity contribution is 0.102. The third kappa shape index (κ3) is 2.60. The van der Waals surface area contributed by atoms with Gasteiger partial charge in [-0.1, -0.05) is 0 Å². The molecule has 1 aromatic carbocycles. The normalized spacial score (nSPS) is 9.83. The molecule has 18 heavy (non-hydrogen) atoms. The van der Waals surface area contributed by atoms with Crippen molar-refractivity contribution in [3.63, 3.8) is 0 Å². The zero-order valence-electron chi connectivity index (χ0n) is 9.88. The van der Waals surface area contributed by atoms with E-state index in [1.165, 1.54) is 0 Å². The summed E-state index contributed by atoms with van der Waals surface area (Å²) in [4.78, 5) is 26.5. The smallest absolute Gasteiger partial charge is 0.257 e. The van der Waals surface area contributed by atoms with Gasteiger partial charge < -0.3 is 5.32 Å². The molecule has 0 unspecified atom stereocenters. The number of aldehydes is 1. The maximum Gasteiger partial charge on any atom is 0.257 e. The second kappa shape index (κ2) is 5.23. The van der Waals surface area contributed by atoms with Crippen LogP contribution < -0.4 is 5.32 Å². The van der Waals surface area contributed by atoms with Crippen molar-refractivity contribution in [2.75, 3.05) is 5.32 Å². The fraction of sp³-hybridized carbons (Fsp3) is 0.0714. The van der Waals surface area contributed by atoms with Gasteiger partial charge in [-0.15, -0.1) is 0 Å². The van der Waals surface area contributed by atoms with E-state index >= 15 is 0 Å². The van der Waals surface area contributed by atoms with E-state index in [1.807, 2.05) is 0 Å². The SMILES string of the molecule is Cc1ncccc1C(=O)Nc1ccc(C=O)cc1. The molecule has 1 N–H and O–H groups in total. The summed E-state index contributed by atoms with van der Waals surface area (Å²) in [6.45, 7) is 1.78. The third-order valence-electron chi connectivity index (χ3n) is 2.56. The van der Waals surface area contributed by atoms with E-state index < -0.39 is 0 Å². The van der Waals surface area contributed by atoms with Gasteiger partial charge in [0, 0.05) is 23.1 Å². The van der Waals surface area contributed by atoms with Gasteiger partial charge in [-0.2, -0.15) is 0 Å². The number of amides is 1. The topological polar surface area (TPSA) is 59.1 Å². The number of pyridine rings is 1. The quantitative estimate of drug-likeness (QED) is 0.838. The first-order valence-electron chi connectivity index (χ1n) is 5.49. The Kier molecular flexibility index (Phi) is 3.48. The number of aromatic nitrogens is 1. The van der Waals surface area contributed by atoms with Crippen molar-refractivity contribution in [1.29, 1.82) is 0 Å². The fourth-order valence-electron chi connectivity index (χ4n) is 1.57. The second-order valence-electron chi connectivity index (χ2n) is 3.83. The van der Waals surface area contributed by atoms with Crippen LogP contribution in [-0.2, 0) is 0 Å². The minimum absolute atomic E-state index is 0.209. The third-order valence-corrected chi connectivity index (χ3v) is 2.56. The van der Waals surface area contributed by atoms with Crippen LogP contribution in [-0.4, -0.2) is 17.2 Å². The Morgan fingerprint density at radius 1 is 1.22 bits per heavy atom. The molecule has 1 amide bonds. The van der Waals surface area contributed by atoms with E-state index in [0.717, 1.165) is 6.29 Å². The summed E-state index contributed by atoms with van der Waals surface area (Å²) >= 11 is 0. The minimum Gasteiger partial charge on any atom is -0.322 e. The van der Waals surface area contributed by atoms with Crippen LogP contribution in [0.15, 0.2) is 42.6 Å². The predicted molar refractivity (Wildman–Crippen MR) is 68.8 cm³/mol. The molecule has 1 aromatic heterocycles. The summed E-state index contributed by atoms with van der Waals surface area (Å²) in [5, 5.41) is 2.76. The molecule has 4 heteroatoms. The predicted octanol–water partition coefficient (Wildman–Crippen LogP) is 2.45. The number of hydrogen-bond donors (Lipinski definition) is 1. The van der Waals surface area contributed by atoms with Gasteiger partial charge in [0.1, 0.15) is 6.29 Å². The average molecular weight is 240 g/mol. The molecule has 90 valence electrons. The highest BCUT2D eigenvalue weighted by Gasteiger charge is 2.09. The highest BCUT2D eigenvalue weighted by atomic mass is 16.1. The Morgan fingerprint density at radius 3 is 2.56 bits per heavy atom. The molecule has 0 saturated carbocycles. The molecule has 2 aromatic rings. The van der Waals surface area contributed by atoms with Crippen molar-refractivity contribution in [2.24, 2.45) is 0 Å². The molecule has 0 atom stereocenters. The average Bonchev–Trinajstić information content (AvgIpc) is 2.40. The highest BCUT2D eigenvalue weighted by Crippen LogP contribution is 2.11. The van der Waals surface area contributed by atoms with E-state index in [9.17, 15) is 9.59 Å². The van der Waals surface area contributed by atoms with Crippen LogP contribution in [0.3, 0.4) is 0 Å². The number of carbonyl (C=O) groups excluding carboxylic acids is 2. The molecule has 0 aliphatic heterocycles. The highest BCUT2D eigenvalue weighted by molar-refractivity contribution is 6.05. The van der Waals surface area contributed by atoms with Crippen molar-refractivity contribution in [3.8, 4) is 0 Å². The number of nitrogens with one attached hydrogen (secondary N) is 1. The zero-order chi connectivity index (χ0) is 13.0. The van der Waals surface area contributed by atoms with E-state index in [1.54, 1.807) is 49.5 Å². The van der Waals surface area contributed by atoms with Crippen molar-refractivity contribution >= 4 is 17.9 Å². The standard InChI is InChI=1S/C14H12N2O2/c1-10-13(3-2-8-15-10)14(18)16-12-6-4-11(9-17)5-7-12/h2-9H,1H3,(H,16,18). The second-order valence-corrected chi connectivity index (χ2v) is 3.83. The van der Waals surface area contributed by atoms with Crippen molar-refractivity contribution in [1.82, 2.24) is 4.98 Å². The van der Waals surface area contributed by atoms with Crippen LogP contribution in [0.2, 0.25) is 0 Å². The summed E-state index contributed by atoms with van der Waals surface area (Å²) in [7, 11) is 0. The van der Waals surface area contributed by atoms with Crippen LogP contribution in [0.4, 0.5) is 5.69 Å². The fourth-order valence-corrected chi connectivity index (χ4v) is 1.57. The van der Waals surface area contributed by atoms with Gasteiger partial charge >= 0.3 is 0 Å². The number of aryl methyl sites for hydroxylation is 1. The first-order valence-corrected chi connectivity index (χ1v) is 5.49. The summed E-state index contributed by atoms with van der Waals surface area (Å²) in [5.74, 6) is -0.209. The van der Waals surface area contributed by atoms with Gasteiger partial charge in [0.05, 0.1) is 5.56 Å². The first kappa shape index (κ1) is 12.0. The van der Waals surface area contributed by atoms with Gasteiger partial charge in [0.25, 0.3) is 5.91 Å². The van der Waals surface area contributed by atoms with Crippen LogP contribution in [0, 0.1) is 6.92 Å². The maximum absolute atomic E-state index is 12.0. The van der Waals surface area contributed by atoms with Gasteiger partial charge in [-0.25, -0.2) is 0 Å². The van der Waals surface area contributed by atoms with Crippen molar-refractivity contribution in [3.05, 3.63) is 59.4 Å². The van der Waals surface area contributed by atoms with Gasteiger partial charge in [0.15, 0.2) is 0 Å².